The fourth-order valence-corrected chi connectivity index (χ4v) is 7.38. The lowest BCUT2D eigenvalue weighted by molar-refractivity contribution is -0.137. The molecule has 3 heterocycles. The monoisotopic (exact) mass is 394 g/mol. The second-order valence-electron chi connectivity index (χ2n) is 6.70. The summed E-state index contributed by atoms with van der Waals surface area (Å²) in [6.07, 6.45) is 1.43. The Labute approximate surface area is 161 Å². The maximum atomic E-state index is 12.6. The molecule has 0 aliphatic carbocycles. The van der Waals surface area contributed by atoms with E-state index in [1.54, 1.807) is 11.8 Å². The molecule has 2 atom stereocenters. The van der Waals surface area contributed by atoms with E-state index >= 15 is 0 Å². The second kappa shape index (κ2) is 7.84. The predicted molar refractivity (Wildman–Crippen MR) is 106 cm³/mol. The molecule has 0 spiro atoms. The van der Waals surface area contributed by atoms with E-state index in [1.807, 2.05) is 40.6 Å². The van der Waals surface area contributed by atoms with Crippen molar-refractivity contribution >= 4 is 47.1 Å². The smallest absolute Gasteiger partial charge is 0.236 e. The van der Waals surface area contributed by atoms with E-state index < -0.39 is 0 Å². The first kappa shape index (κ1) is 17.6. The van der Waals surface area contributed by atoms with Crippen LogP contribution in [0.4, 0.5) is 0 Å². The van der Waals surface area contributed by atoms with Gasteiger partial charge in [-0.15, -0.1) is 11.8 Å². The lowest BCUT2D eigenvalue weighted by Gasteiger charge is -2.40. The third kappa shape index (κ3) is 4.14. The van der Waals surface area contributed by atoms with Gasteiger partial charge in [-0.05, 0) is 18.1 Å². The Kier molecular flexibility index (Phi) is 5.53. The third-order valence-electron chi connectivity index (χ3n) is 4.78. The van der Waals surface area contributed by atoms with Crippen LogP contribution in [0.2, 0.25) is 0 Å². The summed E-state index contributed by atoms with van der Waals surface area (Å²) in [6.45, 7) is 1.31. The molecule has 25 heavy (non-hydrogen) atoms. The molecule has 0 aromatic heterocycles. The third-order valence-corrected chi connectivity index (χ3v) is 8.93. The van der Waals surface area contributed by atoms with E-state index in [1.165, 1.54) is 16.2 Å². The van der Waals surface area contributed by atoms with Gasteiger partial charge in [0.25, 0.3) is 0 Å². The predicted octanol–water partition coefficient (Wildman–Crippen LogP) is 2.27. The van der Waals surface area contributed by atoms with E-state index in [-0.39, 0.29) is 23.1 Å². The molecule has 0 radical (unpaired) electrons. The minimum Gasteiger partial charge on any atom is -0.350 e. The van der Waals surface area contributed by atoms with E-state index in [4.69, 9.17) is 0 Å². The zero-order valence-corrected chi connectivity index (χ0v) is 16.4. The van der Waals surface area contributed by atoms with Crippen LogP contribution >= 0.6 is 35.3 Å². The number of hydrogen-bond acceptors (Lipinski definition) is 5. The van der Waals surface area contributed by atoms with Crippen molar-refractivity contribution < 1.29 is 9.59 Å². The van der Waals surface area contributed by atoms with Gasteiger partial charge < -0.3 is 10.2 Å². The number of fused-ring (bicyclic) bond motifs is 1. The van der Waals surface area contributed by atoms with Crippen LogP contribution in [-0.2, 0) is 16.0 Å². The summed E-state index contributed by atoms with van der Waals surface area (Å²) < 4.78 is 0. The van der Waals surface area contributed by atoms with Crippen molar-refractivity contribution in [3.63, 3.8) is 0 Å². The zero-order valence-electron chi connectivity index (χ0n) is 14.0. The largest absolute Gasteiger partial charge is 0.350 e. The van der Waals surface area contributed by atoms with Crippen molar-refractivity contribution in [2.75, 3.05) is 30.3 Å². The summed E-state index contributed by atoms with van der Waals surface area (Å²) in [7, 11) is 0. The Hall–Kier alpha value is -0.790. The molecule has 4 nitrogen and oxygen atoms in total. The van der Waals surface area contributed by atoms with Gasteiger partial charge in [-0.2, -0.15) is 23.5 Å². The van der Waals surface area contributed by atoms with Gasteiger partial charge in [0.1, 0.15) is 0 Å². The van der Waals surface area contributed by atoms with Crippen molar-refractivity contribution in [2.45, 2.75) is 34.3 Å². The van der Waals surface area contributed by atoms with Crippen LogP contribution in [0.15, 0.2) is 29.2 Å². The fourth-order valence-electron chi connectivity index (χ4n) is 3.42. The maximum Gasteiger partial charge on any atom is 0.236 e. The van der Waals surface area contributed by atoms with E-state index in [0.717, 1.165) is 17.9 Å². The molecule has 1 aromatic carbocycles. The van der Waals surface area contributed by atoms with Gasteiger partial charge in [0, 0.05) is 46.9 Å². The number of rotatable bonds is 4. The molecule has 1 N–H and O–H groups in total. The molecule has 7 heteroatoms. The number of benzene rings is 1. The zero-order chi connectivity index (χ0) is 17.2. The van der Waals surface area contributed by atoms with Crippen LogP contribution in [0.5, 0.6) is 0 Å². The van der Waals surface area contributed by atoms with Crippen molar-refractivity contribution in [3.05, 3.63) is 29.8 Å². The average molecular weight is 395 g/mol. The number of nitrogens with one attached hydrogen (secondary N) is 1. The Morgan fingerprint density at radius 1 is 1.20 bits per heavy atom. The lowest BCUT2D eigenvalue weighted by atomic mass is 10.1. The van der Waals surface area contributed by atoms with Crippen molar-refractivity contribution in [2.24, 2.45) is 0 Å². The fraction of sp³-hybridized carbons (Fsp3) is 0.556. The first-order valence-electron chi connectivity index (χ1n) is 8.71. The van der Waals surface area contributed by atoms with E-state index in [9.17, 15) is 9.59 Å². The highest BCUT2D eigenvalue weighted by molar-refractivity contribution is 8.06. The lowest BCUT2D eigenvalue weighted by Crippen LogP contribution is -2.62. The molecule has 3 aliphatic heterocycles. The molecular weight excluding hydrogens is 372 g/mol. The Morgan fingerprint density at radius 3 is 2.80 bits per heavy atom. The van der Waals surface area contributed by atoms with Crippen molar-refractivity contribution in [3.8, 4) is 0 Å². The first-order chi connectivity index (χ1) is 12.2. The molecule has 2 fully saturated rings. The number of carbonyl (C=O) groups is 2. The maximum absolute atomic E-state index is 12.6. The summed E-state index contributed by atoms with van der Waals surface area (Å²) in [5, 5.41) is 3.55. The van der Waals surface area contributed by atoms with Crippen LogP contribution in [-0.4, -0.2) is 63.6 Å². The Bertz CT molecular complexity index is 632. The summed E-state index contributed by atoms with van der Waals surface area (Å²) in [5.74, 6) is 3.78. The highest BCUT2D eigenvalue weighted by atomic mass is 32.2. The van der Waals surface area contributed by atoms with Crippen LogP contribution < -0.4 is 5.32 Å². The molecule has 2 amide bonds. The number of hydrogen-bond donors (Lipinski definition) is 1. The van der Waals surface area contributed by atoms with Crippen LogP contribution in [0.1, 0.15) is 12.0 Å². The second-order valence-corrected chi connectivity index (χ2v) is 10.5. The van der Waals surface area contributed by atoms with Gasteiger partial charge in [0.05, 0.1) is 11.3 Å². The van der Waals surface area contributed by atoms with Gasteiger partial charge in [-0.1, -0.05) is 18.2 Å². The summed E-state index contributed by atoms with van der Waals surface area (Å²) >= 11 is 5.53. The van der Waals surface area contributed by atoms with Gasteiger partial charge in [0.15, 0.2) is 0 Å². The summed E-state index contributed by atoms with van der Waals surface area (Å²) in [5.41, 5.74) is 1.28. The number of amides is 2. The van der Waals surface area contributed by atoms with Crippen LogP contribution in [0, 0.1) is 0 Å². The molecular formula is C18H22N2O2S3. The standard InChI is InChI=1S/C18H22N2O2S3/c21-17(8-14-11-23-5-6-24-14)19-13-9-20(10-13)18(22)16-7-12-3-1-2-4-15(12)25-16/h1-4,13-14,16H,5-11H2,(H,19,21). The average Bonchev–Trinajstić information content (AvgIpc) is 3.02. The number of nitrogens with zero attached hydrogens (tertiary/aromatic N) is 1. The molecule has 3 aliphatic rings. The molecule has 2 unspecified atom stereocenters. The van der Waals surface area contributed by atoms with Crippen LogP contribution in [0.3, 0.4) is 0 Å². The van der Waals surface area contributed by atoms with Gasteiger partial charge in [-0.3, -0.25) is 9.59 Å². The first-order valence-corrected chi connectivity index (χ1v) is 11.8. The topological polar surface area (TPSA) is 49.4 Å². The van der Waals surface area contributed by atoms with Gasteiger partial charge in [-0.25, -0.2) is 0 Å². The molecule has 0 bridgehead atoms. The quantitative estimate of drug-likeness (QED) is 0.849. The van der Waals surface area contributed by atoms with Crippen molar-refractivity contribution in [1.29, 1.82) is 0 Å². The minimum absolute atomic E-state index is 0.00437. The molecule has 4 rings (SSSR count). The highest BCUT2D eigenvalue weighted by Gasteiger charge is 2.38. The van der Waals surface area contributed by atoms with Gasteiger partial charge >= 0.3 is 0 Å². The summed E-state index contributed by atoms with van der Waals surface area (Å²) in [4.78, 5) is 27.9. The normalized spacial score (nSPS) is 26.0. The van der Waals surface area contributed by atoms with E-state index in [2.05, 4.69) is 17.4 Å². The molecule has 1 aromatic rings. The van der Waals surface area contributed by atoms with Gasteiger partial charge in [0.2, 0.25) is 11.8 Å². The molecule has 0 saturated carbocycles. The number of likely N-dealkylation sites (tertiary alicyclic amines) is 1. The van der Waals surface area contributed by atoms with E-state index in [0.29, 0.717) is 24.8 Å². The number of thioether (sulfide) groups is 3. The Morgan fingerprint density at radius 2 is 2.04 bits per heavy atom. The summed E-state index contributed by atoms with van der Waals surface area (Å²) in [6, 6.07) is 8.39. The van der Waals surface area contributed by atoms with Crippen molar-refractivity contribution in [1.82, 2.24) is 10.2 Å². The SMILES string of the molecule is O=C(CC1CSCCS1)NC1CN(C(=O)C2Cc3ccccc3S2)C1. The minimum atomic E-state index is 0.00437. The van der Waals surface area contributed by atoms with Crippen LogP contribution in [0.25, 0.3) is 0 Å². The Balaban J connectivity index is 1.20. The number of carbonyl (C=O) groups excluding carboxylic acids is 2. The molecule has 2 saturated heterocycles. The molecule has 134 valence electrons. The highest BCUT2D eigenvalue weighted by Crippen LogP contribution is 2.38.